The number of benzene rings is 1. The van der Waals surface area contributed by atoms with Crippen molar-refractivity contribution in [3.05, 3.63) is 45.5 Å². The molecule has 4 nitrogen and oxygen atoms in total. The van der Waals surface area contributed by atoms with Gasteiger partial charge in [-0.05, 0) is 31.6 Å². The van der Waals surface area contributed by atoms with Crippen molar-refractivity contribution in [1.29, 1.82) is 0 Å². The molecule has 0 bridgehead atoms. The molecule has 0 spiro atoms. The average molecular weight is 312 g/mol. The van der Waals surface area contributed by atoms with Gasteiger partial charge in [-0.3, -0.25) is 9.50 Å². The summed E-state index contributed by atoms with van der Waals surface area (Å²) < 4.78 is 2.49. The second kappa shape index (κ2) is 4.47. The van der Waals surface area contributed by atoms with Crippen molar-refractivity contribution >= 4 is 39.4 Å². The topological polar surface area (TPSA) is 46.0 Å². The minimum atomic E-state index is 0.571. The summed E-state index contributed by atoms with van der Waals surface area (Å²) in [6.45, 7) is 4.22. The molecule has 4 rings (SSSR count). The van der Waals surface area contributed by atoms with Crippen LogP contribution in [0.1, 0.15) is 10.4 Å². The van der Waals surface area contributed by atoms with E-state index < -0.39 is 0 Å². The van der Waals surface area contributed by atoms with Crippen LogP contribution >= 0.6 is 23.6 Å². The number of hydrogen-bond donors (Lipinski definition) is 1. The quantitative estimate of drug-likeness (QED) is 0.533. The van der Waals surface area contributed by atoms with E-state index in [9.17, 15) is 0 Å². The van der Waals surface area contributed by atoms with Gasteiger partial charge in [0.15, 0.2) is 5.65 Å². The monoisotopic (exact) mass is 312 g/mol. The number of nitrogens with zero attached hydrogens (tertiary/aromatic N) is 3. The molecule has 0 saturated carbocycles. The van der Waals surface area contributed by atoms with Crippen molar-refractivity contribution < 1.29 is 0 Å². The molecule has 0 radical (unpaired) electrons. The third-order valence-electron chi connectivity index (χ3n) is 3.71. The van der Waals surface area contributed by atoms with E-state index in [1.807, 2.05) is 34.7 Å². The highest BCUT2D eigenvalue weighted by Gasteiger charge is 2.17. The van der Waals surface area contributed by atoms with Gasteiger partial charge in [0.25, 0.3) is 0 Å². The van der Waals surface area contributed by atoms with Crippen LogP contribution in [0.3, 0.4) is 0 Å². The van der Waals surface area contributed by atoms with Crippen LogP contribution in [-0.4, -0.2) is 19.6 Å². The summed E-state index contributed by atoms with van der Waals surface area (Å²) in [5, 5.41) is 8.40. The summed E-state index contributed by atoms with van der Waals surface area (Å²) in [7, 11) is 0. The molecular formula is C15H12N4S2. The van der Waals surface area contributed by atoms with Crippen LogP contribution < -0.4 is 0 Å². The summed E-state index contributed by atoms with van der Waals surface area (Å²) in [4.78, 5) is 7.11. The van der Waals surface area contributed by atoms with E-state index in [2.05, 4.69) is 24.0 Å². The molecule has 0 amide bonds. The van der Waals surface area contributed by atoms with Gasteiger partial charge in [0, 0.05) is 10.4 Å². The van der Waals surface area contributed by atoms with Crippen molar-refractivity contribution in [3.63, 3.8) is 0 Å². The highest BCUT2D eigenvalue weighted by Crippen LogP contribution is 2.33. The van der Waals surface area contributed by atoms with Crippen molar-refractivity contribution in [1.82, 2.24) is 19.6 Å². The predicted molar refractivity (Wildman–Crippen MR) is 88.5 cm³/mol. The van der Waals surface area contributed by atoms with E-state index >= 15 is 0 Å². The Balaban J connectivity index is 2.25. The molecule has 3 heterocycles. The van der Waals surface area contributed by atoms with Gasteiger partial charge in [-0.2, -0.15) is 5.10 Å². The fourth-order valence-corrected chi connectivity index (χ4v) is 3.78. The number of aromatic nitrogens is 4. The summed E-state index contributed by atoms with van der Waals surface area (Å²) in [5.41, 5.74) is 3.11. The highest BCUT2D eigenvalue weighted by atomic mass is 32.1. The minimum absolute atomic E-state index is 0.571. The van der Waals surface area contributed by atoms with Crippen molar-refractivity contribution in [2.75, 3.05) is 0 Å². The van der Waals surface area contributed by atoms with E-state index in [1.54, 1.807) is 11.3 Å². The average Bonchev–Trinajstić information content (AvgIpc) is 3.01. The van der Waals surface area contributed by atoms with Crippen LogP contribution in [0.4, 0.5) is 0 Å². The Morgan fingerprint density at radius 2 is 1.95 bits per heavy atom. The number of hydrogen-bond acceptors (Lipinski definition) is 4. The summed E-state index contributed by atoms with van der Waals surface area (Å²) >= 11 is 7.10. The molecule has 21 heavy (non-hydrogen) atoms. The van der Waals surface area contributed by atoms with Gasteiger partial charge in [-0.15, -0.1) is 11.3 Å². The smallest absolute Gasteiger partial charge is 0.201 e. The first kappa shape index (κ1) is 12.7. The Bertz CT molecular complexity index is 1020. The second-order valence-electron chi connectivity index (χ2n) is 4.95. The van der Waals surface area contributed by atoms with Crippen LogP contribution in [0.2, 0.25) is 0 Å². The molecule has 0 unspecified atom stereocenters. The number of thiophene rings is 1. The van der Waals surface area contributed by atoms with Gasteiger partial charge in [0.2, 0.25) is 4.77 Å². The zero-order valence-corrected chi connectivity index (χ0v) is 13.2. The first-order valence-electron chi connectivity index (χ1n) is 6.59. The maximum absolute atomic E-state index is 5.40. The van der Waals surface area contributed by atoms with E-state index in [0.717, 1.165) is 27.3 Å². The third-order valence-corrected chi connectivity index (χ3v) is 5.09. The molecule has 0 aliphatic carbocycles. The van der Waals surface area contributed by atoms with Gasteiger partial charge in [0.05, 0.1) is 5.39 Å². The number of aryl methyl sites for hydroxylation is 2. The molecule has 6 heteroatoms. The van der Waals surface area contributed by atoms with Crippen LogP contribution in [-0.2, 0) is 0 Å². The first-order chi connectivity index (χ1) is 10.2. The zero-order valence-electron chi connectivity index (χ0n) is 11.5. The Hall–Kier alpha value is -2.05. The largest absolute Gasteiger partial charge is 0.251 e. The molecule has 4 aromatic rings. The molecule has 0 saturated heterocycles. The number of fused-ring (bicyclic) bond motifs is 3. The number of H-pyrrole nitrogens is 1. The molecule has 1 N–H and O–H groups in total. The van der Waals surface area contributed by atoms with Gasteiger partial charge >= 0.3 is 0 Å². The molecular weight excluding hydrogens is 300 g/mol. The Morgan fingerprint density at radius 1 is 1.19 bits per heavy atom. The second-order valence-corrected chi connectivity index (χ2v) is 6.54. The molecule has 0 aliphatic heterocycles. The third kappa shape index (κ3) is 1.76. The predicted octanol–water partition coefficient (Wildman–Crippen LogP) is 4.29. The summed E-state index contributed by atoms with van der Waals surface area (Å²) in [5.74, 6) is 0.832. The van der Waals surface area contributed by atoms with E-state index in [0.29, 0.717) is 4.77 Å². The van der Waals surface area contributed by atoms with Crippen molar-refractivity contribution in [3.8, 4) is 11.4 Å². The lowest BCUT2D eigenvalue weighted by molar-refractivity contribution is 1.06. The van der Waals surface area contributed by atoms with Crippen LogP contribution in [0, 0.1) is 18.6 Å². The molecule has 104 valence electrons. The van der Waals surface area contributed by atoms with Gasteiger partial charge < -0.3 is 0 Å². The van der Waals surface area contributed by atoms with E-state index in [4.69, 9.17) is 17.2 Å². The maximum Gasteiger partial charge on any atom is 0.201 e. The lowest BCUT2D eigenvalue weighted by Crippen LogP contribution is -1.97. The van der Waals surface area contributed by atoms with Gasteiger partial charge in [-0.1, -0.05) is 30.3 Å². The SMILES string of the molecule is Cc1sc2nc(-c3ccccc3)n3c(=S)[nH]nc3c2c1C. The van der Waals surface area contributed by atoms with E-state index in [1.165, 1.54) is 10.4 Å². The van der Waals surface area contributed by atoms with Crippen molar-refractivity contribution in [2.24, 2.45) is 0 Å². The van der Waals surface area contributed by atoms with Gasteiger partial charge in [-0.25, -0.2) is 4.98 Å². The molecule has 0 fully saturated rings. The Kier molecular flexibility index (Phi) is 2.70. The zero-order chi connectivity index (χ0) is 14.6. The minimum Gasteiger partial charge on any atom is -0.251 e. The molecule has 0 aliphatic rings. The summed E-state index contributed by atoms with van der Waals surface area (Å²) in [6.07, 6.45) is 0. The Labute approximate surface area is 130 Å². The number of aromatic amines is 1. The fourth-order valence-electron chi connectivity index (χ4n) is 2.54. The fraction of sp³-hybridized carbons (Fsp3) is 0.133. The first-order valence-corrected chi connectivity index (χ1v) is 7.81. The van der Waals surface area contributed by atoms with Crippen molar-refractivity contribution in [2.45, 2.75) is 13.8 Å². The van der Waals surface area contributed by atoms with E-state index in [-0.39, 0.29) is 0 Å². The van der Waals surface area contributed by atoms with Crippen LogP contribution in [0.15, 0.2) is 30.3 Å². The standard InChI is InChI=1S/C15H12N4S2/c1-8-9(2)21-14-11(8)13-17-18-15(20)19(13)12(16-14)10-6-4-3-5-7-10/h3-7H,1-2H3,(H,18,20). The summed E-state index contributed by atoms with van der Waals surface area (Å²) in [6, 6.07) is 10.1. The maximum atomic E-state index is 5.40. The molecule has 1 aromatic carbocycles. The Morgan fingerprint density at radius 3 is 2.71 bits per heavy atom. The number of rotatable bonds is 1. The lowest BCUT2D eigenvalue weighted by atomic mass is 10.2. The molecule has 0 atom stereocenters. The normalized spacial score (nSPS) is 11.5. The molecule has 3 aromatic heterocycles. The highest BCUT2D eigenvalue weighted by molar-refractivity contribution is 7.71. The lowest BCUT2D eigenvalue weighted by Gasteiger charge is -2.05. The van der Waals surface area contributed by atoms with Gasteiger partial charge in [0.1, 0.15) is 10.7 Å². The van der Waals surface area contributed by atoms with Crippen LogP contribution in [0.5, 0.6) is 0 Å². The number of nitrogens with one attached hydrogen (secondary N) is 1. The van der Waals surface area contributed by atoms with Crippen LogP contribution in [0.25, 0.3) is 27.3 Å².